The van der Waals surface area contributed by atoms with Gasteiger partial charge in [0.2, 0.25) is 10.0 Å². The molecule has 3 heterocycles. The Balaban J connectivity index is 1.29. The first kappa shape index (κ1) is 35.4. The quantitative estimate of drug-likeness (QED) is 0.272. The number of carbonyl (C=O) groups excluding carboxylic acids is 1. The number of fused-ring (bicyclic) bond motifs is 4. The van der Waals surface area contributed by atoms with Gasteiger partial charge in [-0.05, 0) is 131 Å². The van der Waals surface area contributed by atoms with Gasteiger partial charge in [0.05, 0.1) is 24.1 Å². The summed E-state index contributed by atoms with van der Waals surface area (Å²) in [5.74, 6) is 6.45. The van der Waals surface area contributed by atoms with E-state index in [0.29, 0.717) is 38.4 Å². The lowest BCUT2D eigenvalue weighted by atomic mass is 9.64. The van der Waals surface area contributed by atoms with Crippen LogP contribution in [0.15, 0.2) is 48.6 Å². The molecule has 0 radical (unpaired) electrons. The van der Waals surface area contributed by atoms with Gasteiger partial charge in [0, 0.05) is 35.0 Å². The zero-order valence-corrected chi connectivity index (χ0v) is 30.9. The van der Waals surface area contributed by atoms with E-state index in [1.54, 1.807) is 25.1 Å². The van der Waals surface area contributed by atoms with Crippen molar-refractivity contribution in [2.45, 2.75) is 87.9 Å². The van der Waals surface area contributed by atoms with E-state index >= 15 is 0 Å². The van der Waals surface area contributed by atoms with Gasteiger partial charge in [-0.15, -0.1) is 0 Å². The number of carbonyl (C=O) groups is 1. The number of rotatable bonds is 1. The van der Waals surface area contributed by atoms with E-state index in [2.05, 4.69) is 38.5 Å². The summed E-state index contributed by atoms with van der Waals surface area (Å²) in [6, 6.07) is 11.4. The van der Waals surface area contributed by atoms with E-state index in [4.69, 9.17) is 16.3 Å². The van der Waals surface area contributed by atoms with Gasteiger partial charge >= 0.3 is 0 Å². The van der Waals surface area contributed by atoms with Crippen molar-refractivity contribution in [2.75, 3.05) is 44.2 Å². The van der Waals surface area contributed by atoms with Crippen molar-refractivity contribution in [2.24, 2.45) is 17.8 Å². The Kier molecular flexibility index (Phi) is 10.0. The highest BCUT2D eigenvalue weighted by Gasteiger charge is 2.48. The smallest absolute Gasteiger partial charge is 0.264 e. The zero-order valence-electron chi connectivity index (χ0n) is 29.3. The third-order valence-electron chi connectivity index (χ3n) is 12.2. The van der Waals surface area contributed by atoms with Crippen molar-refractivity contribution >= 4 is 33.2 Å². The number of nitrogens with one attached hydrogen (secondary N) is 1. The lowest BCUT2D eigenvalue weighted by Gasteiger charge is -2.47. The predicted molar refractivity (Wildman–Crippen MR) is 198 cm³/mol. The summed E-state index contributed by atoms with van der Waals surface area (Å²) in [6.07, 6.45) is 12.5. The molecule has 3 aliphatic heterocycles. The number of amides is 1. The maximum Gasteiger partial charge on any atom is 0.264 e. The second-order valence-electron chi connectivity index (χ2n) is 15.5. The Morgan fingerprint density at radius 2 is 1.90 bits per heavy atom. The molecule has 5 aliphatic rings. The van der Waals surface area contributed by atoms with Crippen LogP contribution in [0.4, 0.5) is 5.69 Å². The van der Waals surface area contributed by atoms with Crippen molar-refractivity contribution in [3.63, 3.8) is 0 Å². The van der Waals surface area contributed by atoms with E-state index in [0.717, 1.165) is 55.9 Å². The summed E-state index contributed by atoms with van der Waals surface area (Å²) >= 11 is 6.46. The van der Waals surface area contributed by atoms with E-state index in [1.165, 1.54) is 30.4 Å². The SMILES string of the molecule is C[C@@H]1[C@@H](C)C/C=C/[C@@](O)(C#CCN2CCCCC2)[C@@H]2CC[C@H]2CN2C[C@@]3(CCCc4cc(Cl)ccc43)COc3ccc(cc32)C(=O)NS1(=O)=O. The molecule has 2 N–H and O–H groups in total. The van der Waals surface area contributed by atoms with Gasteiger partial charge in [-0.2, -0.15) is 0 Å². The van der Waals surface area contributed by atoms with Crippen LogP contribution < -0.4 is 14.4 Å². The number of nitrogens with zero attached hydrogens (tertiary/aromatic N) is 2. The second-order valence-corrected chi connectivity index (χ2v) is 18.0. The molecule has 6 atom stereocenters. The number of ether oxygens (including phenoxy) is 1. The van der Waals surface area contributed by atoms with Gasteiger partial charge in [0.15, 0.2) is 0 Å². The normalized spacial score (nSPS) is 33.3. The molecule has 2 fully saturated rings. The molecule has 2 aromatic rings. The Labute approximate surface area is 302 Å². The number of likely N-dealkylation sites (tertiary alicyclic amines) is 1. The lowest BCUT2D eigenvalue weighted by Crippen LogP contribution is -2.52. The number of anilines is 1. The maximum atomic E-state index is 13.5. The van der Waals surface area contributed by atoms with Gasteiger partial charge in [0.25, 0.3) is 5.91 Å². The molecule has 0 aromatic heterocycles. The molecule has 2 aliphatic carbocycles. The number of piperidine rings is 1. The summed E-state index contributed by atoms with van der Waals surface area (Å²) in [5, 5.41) is 12.3. The Morgan fingerprint density at radius 1 is 1.08 bits per heavy atom. The predicted octanol–water partition coefficient (Wildman–Crippen LogP) is 6.10. The molecule has 1 saturated heterocycles. The highest BCUT2D eigenvalue weighted by molar-refractivity contribution is 7.90. The number of aryl methyl sites for hydroxylation is 1. The monoisotopic (exact) mass is 719 g/mol. The fraction of sp³-hybridized carbons (Fsp3) is 0.575. The summed E-state index contributed by atoms with van der Waals surface area (Å²) in [6.45, 7) is 7.96. The third-order valence-corrected chi connectivity index (χ3v) is 14.3. The minimum Gasteiger partial charge on any atom is -0.490 e. The van der Waals surface area contributed by atoms with E-state index < -0.39 is 26.8 Å². The molecule has 1 saturated carbocycles. The zero-order chi connectivity index (χ0) is 35.1. The van der Waals surface area contributed by atoms with E-state index in [-0.39, 0.29) is 28.7 Å². The van der Waals surface area contributed by atoms with Gasteiger partial charge in [0.1, 0.15) is 11.4 Å². The van der Waals surface area contributed by atoms with Crippen LogP contribution in [-0.4, -0.2) is 74.5 Å². The molecule has 1 spiro atoms. The van der Waals surface area contributed by atoms with Crippen molar-refractivity contribution in [3.05, 3.63) is 70.3 Å². The molecular weight excluding hydrogens is 670 g/mol. The molecule has 268 valence electrons. The highest BCUT2D eigenvalue weighted by atomic mass is 35.5. The van der Waals surface area contributed by atoms with Crippen LogP contribution in [0.3, 0.4) is 0 Å². The number of aliphatic hydroxyl groups is 1. The van der Waals surface area contributed by atoms with Crippen LogP contribution >= 0.6 is 11.6 Å². The number of allylic oxidation sites excluding steroid dienone is 1. The highest BCUT2D eigenvalue weighted by Crippen LogP contribution is 2.48. The van der Waals surface area contributed by atoms with Crippen molar-refractivity contribution in [1.29, 1.82) is 0 Å². The van der Waals surface area contributed by atoms with E-state index in [1.807, 2.05) is 25.1 Å². The number of halogens is 1. The number of hydrogen-bond acceptors (Lipinski definition) is 7. The standard InChI is InChI=1S/C40H50ClN3O5S/c1-28-9-6-18-40(46,19-8-22-43-20-4-3-5-21-43)35-14-11-32(35)25-44-26-39(17-7-10-30-23-33(41)13-15-34(30)39)27-49-37-16-12-31(24-36(37)44)38(45)42-50(47,48)29(28)2/h6,12-13,15-16,18,23-24,28-29,32,35,46H,3-5,7,9-11,14,17,20-22,25-27H2,1-2H3,(H,42,45)/b18-6+/t28-,29+,32-,35+,39-,40+/m0/s1. The summed E-state index contributed by atoms with van der Waals surface area (Å²) in [5.41, 5.74) is 1.87. The lowest BCUT2D eigenvalue weighted by molar-refractivity contribution is -0.00329. The fourth-order valence-electron chi connectivity index (χ4n) is 8.81. The molecule has 7 rings (SSSR count). The van der Waals surface area contributed by atoms with Crippen LogP contribution in [-0.2, 0) is 21.9 Å². The molecule has 50 heavy (non-hydrogen) atoms. The van der Waals surface area contributed by atoms with Crippen molar-refractivity contribution in [1.82, 2.24) is 9.62 Å². The maximum absolute atomic E-state index is 13.5. The molecule has 10 heteroatoms. The van der Waals surface area contributed by atoms with Crippen molar-refractivity contribution < 1.29 is 23.1 Å². The minimum atomic E-state index is -3.99. The molecule has 1 amide bonds. The van der Waals surface area contributed by atoms with Crippen molar-refractivity contribution in [3.8, 4) is 17.6 Å². The number of benzene rings is 2. The van der Waals surface area contributed by atoms with Crippen LogP contribution in [0.25, 0.3) is 0 Å². The second kappa shape index (κ2) is 14.2. The van der Waals surface area contributed by atoms with Gasteiger partial charge in [-0.25, -0.2) is 13.1 Å². The molecule has 8 nitrogen and oxygen atoms in total. The molecular formula is C40H50ClN3O5S. The molecule has 0 unspecified atom stereocenters. The first-order chi connectivity index (χ1) is 24.0. The summed E-state index contributed by atoms with van der Waals surface area (Å²) < 4.78 is 35.9. The first-order valence-corrected chi connectivity index (χ1v) is 20.4. The van der Waals surface area contributed by atoms with Gasteiger partial charge < -0.3 is 14.7 Å². The fourth-order valence-corrected chi connectivity index (χ4v) is 10.3. The van der Waals surface area contributed by atoms with Crippen LogP contribution in [0, 0.1) is 29.6 Å². The summed E-state index contributed by atoms with van der Waals surface area (Å²) in [4.78, 5) is 18.2. The van der Waals surface area contributed by atoms with Crippen LogP contribution in [0.1, 0.15) is 86.7 Å². The molecule has 2 bridgehead atoms. The largest absolute Gasteiger partial charge is 0.490 e. The Morgan fingerprint density at radius 3 is 2.68 bits per heavy atom. The van der Waals surface area contributed by atoms with Gasteiger partial charge in [-0.3, -0.25) is 9.69 Å². The third kappa shape index (κ3) is 7.06. The Bertz CT molecular complexity index is 1810. The molecule has 2 aromatic carbocycles. The van der Waals surface area contributed by atoms with Crippen LogP contribution in [0.2, 0.25) is 5.02 Å². The van der Waals surface area contributed by atoms with Gasteiger partial charge in [-0.1, -0.05) is 48.9 Å². The average Bonchev–Trinajstić information content (AvgIpc) is 3.22. The first-order valence-electron chi connectivity index (χ1n) is 18.5. The minimum absolute atomic E-state index is 0.0931. The summed E-state index contributed by atoms with van der Waals surface area (Å²) in [7, 11) is -3.99. The van der Waals surface area contributed by atoms with Crippen LogP contribution in [0.5, 0.6) is 5.75 Å². The average molecular weight is 720 g/mol. The number of hydrogen-bond donors (Lipinski definition) is 2. The van der Waals surface area contributed by atoms with E-state index in [9.17, 15) is 18.3 Å². The topological polar surface area (TPSA) is 99.2 Å². The Hall–Kier alpha value is -3.03. The number of sulfonamides is 1.